The van der Waals surface area contributed by atoms with Gasteiger partial charge in [-0.2, -0.15) is 0 Å². The van der Waals surface area contributed by atoms with Crippen molar-refractivity contribution < 1.29 is 14.7 Å². The second kappa shape index (κ2) is 6.78. The number of rotatable bonds is 4. The Kier molecular flexibility index (Phi) is 5.03. The van der Waals surface area contributed by atoms with E-state index in [4.69, 9.17) is 16.7 Å². The second-order valence-corrected chi connectivity index (χ2v) is 5.52. The van der Waals surface area contributed by atoms with E-state index in [1.54, 1.807) is 0 Å². The van der Waals surface area contributed by atoms with E-state index in [9.17, 15) is 9.59 Å². The molecule has 3 N–H and O–H groups in total. The molecule has 1 aliphatic heterocycles. The highest BCUT2D eigenvalue weighted by Crippen LogP contribution is 2.21. The zero-order valence-corrected chi connectivity index (χ0v) is 12.5. The van der Waals surface area contributed by atoms with E-state index in [-0.39, 0.29) is 16.6 Å². The van der Waals surface area contributed by atoms with Crippen LogP contribution >= 0.6 is 11.6 Å². The number of carbonyl (C=O) groups excluding carboxylic acids is 1. The van der Waals surface area contributed by atoms with Crippen LogP contribution in [0.4, 0.5) is 10.5 Å². The molecule has 0 radical (unpaired) electrons. The largest absolute Gasteiger partial charge is 0.478 e. The van der Waals surface area contributed by atoms with E-state index in [1.807, 2.05) is 7.05 Å². The first-order chi connectivity index (χ1) is 9.97. The topological polar surface area (TPSA) is 81.7 Å². The van der Waals surface area contributed by atoms with Gasteiger partial charge in [-0.05, 0) is 44.6 Å². The second-order valence-electron chi connectivity index (χ2n) is 5.11. The molecule has 1 fully saturated rings. The molecule has 1 aliphatic rings. The maximum Gasteiger partial charge on any atom is 0.337 e. The Morgan fingerprint density at radius 1 is 1.48 bits per heavy atom. The summed E-state index contributed by atoms with van der Waals surface area (Å²) in [5, 5.41) is 14.4. The highest BCUT2D eigenvalue weighted by Gasteiger charge is 2.21. The van der Waals surface area contributed by atoms with Crippen LogP contribution in [0.1, 0.15) is 23.2 Å². The Morgan fingerprint density at radius 3 is 2.81 bits per heavy atom. The van der Waals surface area contributed by atoms with Gasteiger partial charge >= 0.3 is 12.0 Å². The van der Waals surface area contributed by atoms with Crippen molar-refractivity contribution in [3.8, 4) is 0 Å². The number of carboxylic acid groups (broad SMARTS) is 1. The fourth-order valence-electron chi connectivity index (χ4n) is 2.39. The molecule has 0 saturated carbocycles. The van der Waals surface area contributed by atoms with Gasteiger partial charge in [0.25, 0.3) is 0 Å². The first kappa shape index (κ1) is 15.6. The van der Waals surface area contributed by atoms with Crippen molar-refractivity contribution in [1.82, 2.24) is 10.2 Å². The number of hydrogen-bond acceptors (Lipinski definition) is 3. The van der Waals surface area contributed by atoms with Crippen LogP contribution in [0.25, 0.3) is 0 Å². The van der Waals surface area contributed by atoms with Gasteiger partial charge in [0.1, 0.15) is 0 Å². The molecule has 1 atom stereocenters. The zero-order valence-electron chi connectivity index (χ0n) is 11.7. The Balaban J connectivity index is 1.87. The van der Waals surface area contributed by atoms with E-state index in [2.05, 4.69) is 15.5 Å². The molecule has 0 aromatic heterocycles. The van der Waals surface area contributed by atoms with Crippen LogP contribution in [0.2, 0.25) is 5.02 Å². The molecule has 1 heterocycles. The maximum absolute atomic E-state index is 11.8. The lowest BCUT2D eigenvalue weighted by atomic mass is 10.2. The number of aromatic carboxylic acids is 1. The van der Waals surface area contributed by atoms with Gasteiger partial charge in [0.05, 0.1) is 10.6 Å². The summed E-state index contributed by atoms with van der Waals surface area (Å²) in [6, 6.07) is 4.34. The minimum absolute atomic E-state index is 0.00945. The highest BCUT2D eigenvalue weighted by molar-refractivity contribution is 6.33. The molecule has 21 heavy (non-hydrogen) atoms. The van der Waals surface area contributed by atoms with Gasteiger partial charge < -0.3 is 20.6 Å². The van der Waals surface area contributed by atoms with Crippen molar-refractivity contribution >= 4 is 29.3 Å². The van der Waals surface area contributed by atoms with Crippen LogP contribution in [0.15, 0.2) is 18.2 Å². The Hall–Kier alpha value is -1.79. The standard InChI is InChI=1S/C14H18ClN3O3/c1-18-6-2-3-10(18)8-16-14(21)17-9-4-5-11(13(19)20)12(15)7-9/h4-5,7,10H,2-3,6,8H2,1H3,(H,19,20)(H2,16,17,21). The molecule has 0 bridgehead atoms. The summed E-state index contributed by atoms with van der Waals surface area (Å²) in [5.74, 6) is -1.10. The van der Waals surface area contributed by atoms with Crippen molar-refractivity contribution in [2.24, 2.45) is 0 Å². The van der Waals surface area contributed by atoms with Gasteiger partial charge in [0.15, 0.2) is 0 Å². The molecule has 6 nitrogen and oxygen atoms in total. The Labute approximate surface area is 128 Å². The molecule has 0 aliphatic carbocycles. The first-order valence-electron chi connectivity index (χ1n) is 6.75. The zero-order chi connectivity index (χ0) is 15.4. The molecular weight excluding hydrogens is 294 g/mol. The van der Waals surface area contributed by atoms with Crippen molar-refractivity contribution in [1.29, 1.82) is 0 Å². The number of carboxylic acids is 1. The van der Waals surface area contributed by atoms with E-state index >= 15 is 0 Å². The van der Waals surface area contributed by atoms with Crippen molar-refractivity contribution in [2.75, 3.05) is 25.5 Å². The average Bonchev–Trinajstić information content (AvgIpc) is 2.81. The lowest BCUT2D eigenvalue weighted by Gasteiger charge is -2.19. The summed E-state index contributed by atoms with van der Waals surface area (Å²) in [5.41, 5.74) is 0.470. The first-order valence-corrected chi connectivity index (χ1v) is 7.13. The van der Waals surface area contributed by atoms with Crippen LogP contribution in [-0.4, -0.2) is 48.2 Å². The SMILES string of the molecule is CN1CCCC1CNC(=O)Nc1ccc(C(=O)O)c(Cl)c1. The molecule has 2 rings (SSSR count). The van der Waals surface area contributed by atoms with Crippen LogP contribution in [0.5, 0.6) is 0 Å². The fraction of sp³-hybridized carbons (Fsp3) is 0.429. The molecule has 1 saturated heterocycles. The predicted molar refractivity (Wildman–Crippen MR) is 81.1 cm³/mol. The van der Waals surface area contributed by atoms with E-state index < -0.39 is 5.97 Å². The van der Waals surface area contributed by atoms with Gasteiger partial charge in [-0.15, -0.1) is 0 Å². The summed E-state index contributed by atoms with van der Waals surface area (Å²) in [6.45, 7) is 1.64. The van der Waals surface area contributed by atoms with Crippen molar-refractivity contribution in [2.45, 2.75) is 18.9 Å². The summed E-state index contributed by atoms with van der Waals surface area (Å²) >= 11 is 5.85. The van der Waals surface area contributed by atoms with Crippen molar-refractivity contribution in [3.63, 3.8) is 0 Å². The molecule has 7 heteroatoms. The normalized spacial score (nSPS) is 18.5. The smallest absolute Gasteiger partial charge is 0.337 e. The molecule has 1 aromatic carbocycles. The number of anilines is 1. The number of nitrogens with one attached hydrogen (secondary N) is 2. The summed E-state index contributed by atoms with van der Waals surface area (Å²) < 4.78 is 0. The molecule has 114 valence electrons. The number of likely N-dealkylation sites (tertiary alicyclic amines) is 1. The molecule has 1 aromatic rings. The van der Waals surface area contributed by atoms with Gasteiger partial charge in [-0.25, -0.2) is 9.59 Å². The fourth-order valence-corrected chi connectivity index (χ4v) is 2.65. The monoisotopic (exact) mass is 311 g/mol. The van der Waals surface area contributed by atoms with Crippen LogP contribution in [0, 0.1) is 0 Å². The third kappa shape index (κ3) is 4.09. The van der Waals surface area contributed by atoms with Gasteiger partial charge in [0, 0.05) is 18.3 Å². The molecular formula is C14H18ClN3O3. The number of nitrogens with zero attached hydrogens (tertiary/aromatic N) is 1. The van der Waals surface area contributed by atoms with Gasteiger partial charge in [0.2, 0.25) is 0 Å². The number of benzene rings is 1. The number of hydrogen-bond donors (Lipinski definition) is 3. The number of likely N-dealkylation sites (N-methyl/N-ethyl adjacent to an activating group) is 1. The lowest BCUT2D eigenvalue weighted by Crippen LogP contribution is -2.40. The maximum atomic E-state index is 11.8. The van der Waals surface area contributed by atoms with Crippen LogP contribution in [0.3, 0.4) is 0 Å². The van der Waals surface area contributed by atoms with Gasteiger partial charge in [-0.3, -0.25) is 0 Å². The summed E-state index contributed by atoms with van der Waals surface area (Å²) in [6.07, 6.45) is 2.23. The number of amides is 2. The minimum atomic E-state index is -1.10. The van der Waals surface area contributed by atoms with Crippen LogP contribution in [-0.2, 0) is 0 Å². The minimum Gasteiger partial charge on any atom is -0.478 e. The Bertz CT molecular complexity index is 550. The highest BCUT2D eigenvalue weighted by atomic mass is 35.5. The number of urea groups is 1. The third-order valence-corrected chi connectivity index (χ3v) is 3.94. The quantitative estimate of drug-likeness (QED) is 0.796. The van der Waals surface area contributed by atoms with Crippen molar-refractivity contribution in [3.05, 3.63) is 28.8 Å². The summed E-state index contributed by atoms with van der Waals surface area (Å²) in [7, 11) is 2.04. The van der Waals surface area contributed by atoms with E-state index in [0.717, 1.165) is 19.4 Å². The van der Waals surface area contributed by atoms with Crippen LogP contribution < -0.4 is 10.6 Å². The van der Waals surface area contributed by atoms with E-state index in [0.29, 0.717) is 18.3 Å². The lowest BCUT2D eigenvalue weighted by molar-refractivity contribution is 0.0697. The molecule has 1 unspecified atom stereocenters. The third-order valence-electron chi connectivity index (χ3n) is 3.63. The number of halogens is 1. The average molecular weight is 312 g/mol. The molecule has 0 spiro atoms. The molecule has 2 amide bonds. The van der Waals surface area contributed by atoms with Gasteiger partial charge in [-0.1, -0.05) is 11.6 Å². The summed E-state index contributed by atoms with van der Waals surface area (Å²) in [4.78, 5) is 24.9. The number of carbonyl (C=O) groups is 2. The Morgan fingerprint density at radius 2 is 2.24 bits per heavy atom. The predicted octanol–water partition coefficient (Wildman–Crippen LogP) is 2.25. The van der Waals surface area contributed by atoms with E-state index in [1.165, 1.54) is 18.2 Å².